The molecule has 0 spiro atoms. The van der Waals surface area contributed by atoms with Gasteiger partial charge in [-0.3, -0.25) is 9.69 Å². The molecule has 0 aliphatic carbocycles. The van der Waals surface area contributed by atoms with Crippen LogP contribution in [0.15, 0.2) is 53.0 Å². The first-order valence-electron chi connectivity index (χ1n) is 7.28. The van der Waals surface area contributed by atoms with E-state index in [1.165, 1.54) is 11.1 Å². The summed E-state index contributed by atoms with van der Waals surface area (Å²) >= 11 is 3.39. The summed E-state index contributed by atoms with van der Waals surface area (Å²) in [4.78, 5) is 14.4. The van der Waals surface area contributed by atoms with Gasteiger partial charge in [-0.25, -0.2) is 0 Å². The first-order valence-corrected chi connectivity index (χ1v) is 8.08. The number of amides is 1. The quantitative estimate of drug-likeness (QED) is 0.865. The number of rotatable bonds is 5. The van der Waals surface area contributed by atoms with E-state index in [0.717, 1.165) is 16.7 Å². The molecule has 2 rings (SSSR count). The van der Waals surface area contributed by atoms with Gasteiger partial charge in [0.1, 0.15) is 0 Å². The van der Waals surface area contributed by atoms with E-state index >= 15 is 0 Å². The molecule has 1 amide bonds. The number of nitrogens with one attached hydrogen (secondary N) is 1. The van der Waals surface area contributed by atoms with Crippen LogP contribution in [-0.2, 0) is 11.3 Å². The molecule has 116 valence electrons. The number of carbonyl (C=O) groups is 1. The predicted molar refractivity (Wildman–Crippen MR) is 94.9 cm³/mol. The molecule has 4 heteroatoms. The SMILES string of the molecule is Cc1ccccc1CN(C)C(C)C(=O)Nc1ccc(Br)cc1. The lowest BCUT2D eigenvalue weighted by atomic mass is 10.1. The minimum atomic E-state index is -0.205. The van der Waals surface area contributed by atoms with E-state index in [1.807, 2.05) is 50.4 Å². The Morgan fingerprint density at radius 3 is 2.45 bits per heavy atom. The van der Waals surface area contributed by atoms with Crippen LogP contribution in [0.25, 0.3) is 0 Å². The molecule has 0 heterocycles. The van der Waals surface area contributed by atoms with Crippen LogP contribution < -0.4 is 5.32 Å². The lowest BCUT2D eigenvalue weighted by molar-refractivity contribution is -0.120. The van der Waals surface area contributed by atoms with Crippen LogP contribution in [0.4, 0.5) is 5.69 Å². The zero-order valence-electron chi connectivity index (χ0n) is 13.1. The third-order valence-corrected chi connectivity index (χ3v) is 4.36. The Morgan fingerprint density at radius 2 is 1.82 bits per heavy atom. The minimum absolute atomic E-state index is 0.00148. The zero-order chi connectivity index (χ0) is 16.1. The van der Waals surface area contributed by atoms with Crippen molar-refractivity contribution in [3.63, 3.8) is 0 Å². The molecular formula is C18H21BrN2O. The van der Waals surface area contributed by atoms with Crippen LogP contribution >= 0.6 is 15.9 Å². The molecule has 22 heavy (non-hydrogen) atoms. The third kappa shape index (κ3) is 4.42. The molecule has 0 aliphatic heterocycles. The van der Waals surface area contributed by atoms with E-state index in [2.05, 4.69) is 45.2 Å². The summed E-state index contributed by atoms with van der Waals surface area (Å²) in [6.07, 6.45) is 0. The molecule has 0 fully saturated rings. The maximum atomic E-state index is 12.3. The fourth-order valence-electron chi connectivity index (χ4n) is 2.17. The van der Waals surface area contributed by atoms with E-state index in [9.17, 15) is 4.79 Å². The molecule has 0 aromatic heterocycles. The number of hydrogen-bond acceptors (Lipinski definition) is 2. The standard InChI is InChI=1S/C18H21BrN2O/c1-13-6-4-5-7-15(13)12-21(3)14(2)18(22)20-17-10-8-16(19)9-11-17/h4-11,14H,12H2,1-3H3,(H,20,22). The zero-order valence-corrected chi connectivity index (χ0v) is 14.7. The highest BCUT2D eigenvalue weighted by Crippen LogP contribution is 2.16. The summed E-state index contributed by atoms with van der Waals surface area (Å²) < 4.78 is 0.996. The first kappa shape index (κ1) is 16.7. The highest BCUT2D eigenvalue weighted by molar-refractivity contribution is 9.10. The first-order chi connectivity index (χ1) is 10.5. The number of nitrogens with zero attached hydrogens (tertiary/aromatic N) is 1. The number of hydrogen-bond donors (Lipinski definition) is 1. The Kier molecular flexibility index (Phi) is 5.75. The fraction of sp³-hybridized carbons (Fsp3) is 0.278. The molecule has 1 unspecified atom stereocenters. The van der Waals surface area contributed by atoms with Gasteiger partial charge < -0.3 is 5.32 Å². The minimum Gasteiger partial charge on any atom is -0.325 e. The number of anilines is 1. The summed E-state index contributed by atoms with van der Waals surface area (Å²) in [7, 11) is 1.97. The molecule has 0 saturated heterocycles. The number of benzene rings is 2. The summed E-state index contributed by atoms with van der Waals surface area (Å²) in [6.45, 7) is 4.77. The molecule has 0 radical (unpaired) electrons. The van der Waals surface area contributed by atoms with E-state index in [-0.39, 0.29) is 11.9 Å². The van der Waals surface area contributed by atoms with E-state index in [4.69, 9.17) is 0 Å². The monoisotopic (exact) mass is 360 g/mol. The van der Waals surface area contributed by atoms with Crippen LogP contribution in [-0.4, -0.2) is 23.9 Å². The second-order valence-corrected chi connectivity index (χ2v) is 6.43. The molecular weight excluding hydrogens is 340 g/mol. The second kappa shape index (κ2) is 7.56. The van der Waals surface area contributed by atoms with Gasteiger partial charge in [0.05, 0.1) is 6.04 Å². The van der Waals surface area contributed by atoms with Gasteiger partial charge in [-0.2, -0.15) is 0 Å². The molecule has 2 aromatic rings. The Hall–Kier alpha value is -1.65. The van der Waals surface area contributed by atoms with Crippen molar-refractivity contribution < 1.29 is 4.79 Å². The van der Waals surface area contributed by atoms with Crippen molar-refractivity contribution in [3.8, 4) is 0 Å². The maximum Gasteiger partial charge on any atom is 0.241 e. The van der Waals surface area contributed by atoms with E-state index in [0.29, 0.717) is 0 Å². The number of carbonyl (C=O) groups excluding carboxylic acids is 1. The lowest BCUT2D eigenvalue weighted by Gasteiger charge is -2.24. The van der Waals surface area contributed by atoms with Crippen LogP contribution in [0.1, 0.15) is 18.1 Å². The van der Waals surface area contributed by atoms with E-state index < -0.39 is 0 Å². The summed E-state index contributed by atoms with van der Waals surface area (Å²) in [5.41, 5.74) is 3.30. The van der Waals surface area contributed by atoms with Crippen LogP contribution in [0.2, 0.25) is 0 Å². The Balaban J connectivity index is 1.97. The van der Waals surface area contributed by atoms with Crippen molar-refractivity contribution >= 4 is 27.5 Å². The smallest absolute Gasteiger partial charge is 0.241 e. The predicted octanol–water partition coefficient (Wildman–Crippen LogP) is 4.22. The number of aryl methyl sites for hydroxylation is 1. The van der Waals surface area contributed by atoms with Crippen LogP contribution in [0.3, 0.4) is 0 Å². The van der Waals surface area contributed by atoms with Crippen molar-refractivity contribution in [1.29, 1.82) is 0 Å². The molecule has 0 saturated carbocycles. The van der Waals surface area contributed by atoms with Gasteiger partial charge >= 0.3 is 0 Å². The van der Waals surface area contributed by atoms with Crippen molar-refractivity contribution in [3.05, 3.63) is 64.1 Å². The molecule has 0 aliphatic rings. The van der Waals surface area contributed by atoms with Crippen molar-refractivity contribution in [2.75, 3.05) is 12.4 Å². The van der Waals surface area contributed by atoms with Gasteiger partial charge in [0.15, 0.2) is 0 Å². The summed E-state index contributed by atoms with van der Waals surface area (Å²) in [5.74, 6) is -0.00148. The second-order valence-electron chi connectivity index (χ2n) is 5.51. The molecule has 3 nitrogen and oxygen atoms in total. The lowest BCUT2D eigenvalue weighted by Crippen LogP contribution is -2.39. The average Bonchev–Trinajstić information content (AvgIpc) is 2.51. The van der Waals surface area contributed by atoms with Gasteiger partial charge in [0, 0.05) is 16.7 Å². The van der Waals surface area contributed by atoms with Gasteiger partial charge in [-0.15, -0.1) is 0 Å². The molecule has 2 aromatic carbocycles. The molecule has 0 bridgehead atoms. The fourth-order valence-corrected chi connectivity index (χ4v) is 2.44. The van der Waals surface area contributed by atoms with Crippen molar-refractivity contribution in [2.45, 2.75) is 26.4 Å². The van der Waals surface area contributed by atoms with E-state index in [1.54, 1.807) is 0 Å². The molecule has 1 N–H and O–H groups in total. The normalized spacial score (nSPS) is 12.2. The summed E-state index contributed by atoms with van der Waals surface area (Å²) in [5, 5.41) is 2.95. The third-order valence-electron chi connectivity index (χ3n) is 3.83. The number of halogens is 1. The van der Waals surface area contributed by atoms with Gasteiger partial charge in [-0.1, -0.05) is 40.2 Å². The Labute approximate surface area is 140 Å². The van der Waals surface area contributed by atoms with Crippen molar-refractivity contribution in [1.82, 2.24) is 4.90 Å². The number of likely N-dealkylation sites (N-methyl/N-ethyl adjacent to an activating group) is 1. The Bertz CT molecular complexity index is 640. The van der Waals surface area contributed by atoms with Crippen LogP contribution in [0.5, 0.6) is 0 Å². The average molecular weight is 361 g/mol. The van der Waals surface area contributed by atoms with Gasteiger partial charge in [-0.05, 0) is 56.3 Å². The maximum absolute atomic E-state index is 12.3. The van der Waals surface area contributed by atoms with Gasteiger partial charge in [0.2, 0.25) is 5.91 Å². The highest BCUT2D eigenvalue weighted by Gasteiger charge is 2.18. The highest BCUT2D eigenvalue weighted by atomic mass is 79.9. The van der Waals surface area contributed by atoms with Gasteiger partial charge in [0.25, 0.3) is 0 Å². The van der Waals surface area contributed by atoms with Crippen LogP contribution in [0, 0.1) is 6.92 Å². The topological polar surface area (TPSA) is 32.3 Å². The largest absolute Gasteiger partial charge is 0.325 e. The van der Waals surface area contributed by atoms with Crippen molar-refractivity contribution in [2.24, 2.45) is 0 Å². The summed E-state index contributed by atoms with van der Waals surface area (Å²) in [6, 6.07) is 15.6. The Morgan fingerprint density at radius 1 is 1.18 bits per heavy atom. The molecule has 1 atom stereocenters.